The molecule has 15 heavy (non-hydrogen) atoms. The van der Waals surface area contributed by atoms with Gasteiger partial charge in [-0.05, 0) is 23.6 Å². The van der Waals surface area contributed by atoms with E-state index in [0.29, 0.717) is 0 Å². The highest BCUT2D eigenvalue weighted by atomic mass is 14.0. The van der Waals surface area contributed by atoms with Gasteiger partial charge in [-0.1, -0.05) is 67.8 Å². The second-order valence-electron chi connectivity index (χ2n) is 3.36. The summed E-state index contributed by atoms with van der Waals surface area (Å²) in [5.41, 5.74) is 3.43. The lowest BCUT2D eigenvalue weighted by atomic mass is 10.1. The van der Waals surface area contributed by atoms with Crippen molar-refractivity contribution in [1.82, 2.24) is 0 Å². The number of hydrogen-bond donors (Lipinski definition) is 0. The van der Waals surface area contributed by atoms with Crippen molar-refractivity contribution < 1.29 is 0 Å². The molecule has 0 radical (unpaired) electrons. The molecule has 0 heteroatoms. The molecule has 76 valence electrons. The highest BCUT2D eigenvalue weighted by molar-refractivity contribution is 5.67. The summed E-state index contributed by atoms with van der Waals surface area (Å²) in [6.45, 7) is 9.65. The van der Waals surface area contributed by atoms with Crippen LogP contribution in [0, 0.1) is 0 Å². The van der Waals surface area contributed by atoms with Crippen LogP contribution in [0.25, 0.3) is 5.57 Å². The first-order chi connectivity index (χ1) is 7.24. The van der Waals surface area contributed by atoms with Gasteiger partial charge < -0.3 is 0 Å². The van der Waals surface area contributed by atoms with Gasteiger partial charge in [-0.2, -0.15) is 0 Å². The van der Waals surface area contributed by atoms with Gasteiger partial charge in [-0.15, -0.1) is 0 Å². The van der Waals surface area contributed by atoms with Crippen LogP contribution >= 0.6 is 0 Å². The molecule has 0 aliphatic carbocycles. The lowest BCUT2D eigenvalue weighted by Crippen LogP contribution is -1.78. The number of rotatable bonds is 4. The van der Waals surface area contributed by atoms with Gasteiger partial charge in [0.1, 0.15) is 0 Å². The summed E-state index contributed by atoms with van der Waals surface area (Å²) in [7, 11) is 0. The van der Waals surface area contributed by atoms with Crippen molar-refractivity contribution in [2.75, 3.05) is 0 Å². The van der Waals surface area contributed by atoms with Gasteiger partial charge in [0.25, 0.3) is 0 Å². The van der Waals surface area contributed by atoms with Crippen LogP contribution in [0.1, 0.15) is 12.5 Å². The zero-order valence-corrected chi connectivity index (χ0v) is 9.11. The highest BCUT2D eigenvalue weighted by Gasteiger charge is 1.93. The predicted octanol–water partition coefficient (Wildman–Crippen LogP) is 4.39. The fourth-order valence-electron chi connectivity index (χ4n) is 1.30. The molecular weight excluding hydrogens is 180 g/mol. The molecule has 0 bridgehead atoms. The van der Waals surface area contributed by atoms with E-state index in [9.17, 15) is 0 Å². The molecule has 0 aliphatic rings. The Morgan fingerprint density at radius 3 is 2.47 bits per heavy atom. The van der Waals surface area contributed by atoms with Crippen LogP contribution in [0.4, 0.5) is 0 Å². The molecule has 0 atom stereocenters. The Hall–Kier alpha value is -1.82. The second kappa shape index (κ2) is 5.82. The van der Waals surface area contributed by atoms with Crippen LogP contribution in [0.2, 0.25) is 0 Å². The van der Waals surface area contributed by atoms with E-state index in [1.165, 1.54) is 11.1 Å². The molecule has 1 rings (SSSR count). The topological polar surface area (TPSA) is 0 Å². The van der Waals surface area contributed by atoms with Crippen molar-refractivity contribution in [2.45, 2.75) is 6.92 Å². The fraction of sp³-hybridized carbons (Fsp3) is 0.0667. The van der Waals surface area contributed by atoms with Gasteiger partial charge in [0.2, 0.25) is 0 Å². The maximum atomic E-state index is 3.95. The Balaban J connectivity index is 2.81. The summed E-state index contributed by atoms with van der Waals surface area (Å²) in [5.74, 6) is 0. The first-order valence-corrected chi connectivity index (χ1v) is 4.96. The normalized spacial score (nSPS) is 11.7. The summed E-state index contributed by atoms with van der Waals surface area (Å²) >= 11 is 0. The zero-order chi connectivity index (χ0) is 11.1. The predicted molar refractivity (Wildman–Crippen MR) is 68.6 cm³/mol. The van der Waals surface area contributed by atoms with Gasteiger partial charge in [-0.25, -0.2) is 0 Å². The monoisotopic (exact) mass is 196 g/mol. The molecule has 0 saturated carbocycles. The van der Waals surface area contributed by atoms with Gasteiger partial charge >= 0.3 is 0 Å². The van der Waals surface area contributed by atoms with Crippen LogP contribution in [-0.4, -0.2) is 0 Å². The number of benzene rings is 1. The van der Waals surface area contributed by atoms with Crippen LogP contribution in [0.3, 0.4) is 0 Å². The number of hydrogen-bond acceptors (Lipinski definition) is 0. The summed E-state index contributed by atoms with van der Waals surface area (Å²) in [5, 5.41) is 0. The first kappa shape index (κ1) is 11.3. The molecule has 0 amide bonds. The largest absolute Gasteiger partial charge is 0.0991 e. The van der Waals surface area contributed by atoms with Crippen molar-refractivity contribution in [1.29, 1.82) is 0 Å². The Bertz CT molecular complexity index is 391. The second-order valence-corrected chi connectivity index (χ2v) is 3.36. The molecule has 0 aliphatic heterocycles. The minimum absolute atomic E-state index is 0.983. The van der Waals surface area contributed by atoms with E-state index in [1.807, 2.05) is 30.4 Å². The zero-order valence-electron chi connectivity index (χ0n) is 9.11. The van der Waals surface area contributed by atoms with Crippen molar-refractivity contribution in [2.24, 2.45) is 0 Å². The Morgan fingerprint density at radius 1 is 1.20 bits per heavy atom. The van der Waals surface area contributed by atoms with E-state index >= 15 is 0 Å². The van der Waals surface area contributed by atoms with E-state index in [2.05, 4.69) is 38.3 Å². The molecule has 0 unspecified atom stereocenters. The third-order valence-corrected chi connectivity index (χ3v) is 2.08. The average Bonchev–Trinajstić information content (AvgIpc) is 2.27. The smallest absolute Gasteiger partial charge is 0.0227 e. The molecule has 0 aromatic heterocycles. The minimum atomic E-state index is 0.983. The van der Waals surface area contributed by atoms with E-state index in [1.54, 1.807) is 6.08 Å². The van der Waals surface area contributed by atoms with Crippen molar-refractivity contribution in [3.63, 3.8) is 0 Å². The van der Waals surface area contributed by atoms with E-state index < -0.39 is 0 Å². The van der Waals surface area contributed by atoms with Crippen LogP contribution in [0.5, 0.6) is 0 Å². The van der Waals surface area contributed by atoms with Gasteiger partial charge in [0.05, 0.1) is 0 Å². The van der Waals surface area contributed by atoms with Crippen molar-refractivity contribution in [3.05, 3.63) is 78.9 Å². The third kappa shape index (κ3) is 3.82. The summed E-state index contributed by atoms with van der Waals surface area (Å²) in [6.07, 6.45) is 7.64. The summed E-state index contributed by atoms with van der Waals surface area (Å²) in [6, 6.07) is 10.3. The van der Waals surface area contributed by atoms with Crippen molar-refractivity contribution >= 4 is 5.57 Å². The fourth-order valence-corrected chi connectivity index (χ4v) is 1.30. The first-order valence-electron chi connectivity index (χ1n) is 4.96. The minimum Gasteiger partial charge on any atom is -0.0991 e. The summed E-state index contributed by atoms with van der Waals surface area (Å²) < 4.78 is 0. The highest BCUT2D eigenvalue weighted by Crippen LogP contribution is 2.15. The lowest BCUT2D eigenvalue weighted by Gasteiger charge is -2.00. The van der Waals surface area contributed by atoms with Crippen LogP contribution in [-0.2, 0) is 0 Å². The van der Waals surface area contributed by atoms with Gasteiger partial charge in [-0.3, -0.25) is 0 Å². The molecule has 0 saturated heterocycles. The maximum Gasteiger partial charge on any atom is -0.0227 e. The molecule has 1 aromatic rings. The quantitative estimate of drug-likeness (QED) is 0.626. The Labute approximate surface area is 92.0 Å². The molecule has 0 N–H and O–H groups in total. The van der Waals surface area contributed by atoms with E-state index in [0.717, 1.165) is 5.57 Å². The third-order valence-electron chi connectivity index (χ3n) is 2.08. The van der Waals surface area contributed by atoms with Crippen LogP contribution in [0.15, 0.2) is 73.4 Å². The Kier molecular flexibility index (Phi) is 4.36. The van der Waals surface area contributed by atoms with Gasteiger partial charge in [0, 0.05) is 0 Å². The van der Waals surface area contributed by atoms with Crippen molar-refractivity contribution in [3.8, 4) is 0 Å². The molecular formula is C15H16. The molecule has 0 nitrogen and oxygen atoms in total. The van der Waals surface area contributed by atoms with E-state index in [-0.39, 0.29) is 0 Å². The molecule has 0 spiro atoms. The average molecular weight is 196 g/mol. The molecule has 1 aromatic carbocycles. The maximum absolute atomic E-state index is 3.95. The van der Waals surface area contributed by atoms with E-state index in [4.69, 9.17) is 0 Å². The van der Waals surface area contributed by atoms with Gasteiger partial charge in [0.15, 0.2) is 0 Å². The standard InChI is InChI=1S/C15H16/c1-4-5-9-13(2)12-14(3)15-10-7-6-8-11-15/h4-12H,1-2H2,3H3/b9-5-,14-12+. The van der Waals surface area contributed by atoms with Crippen LogP contribution < -0.4 is 0 Å². The summed E-state index contributed by atoms with van der Waals surface area (Å²) in [4.78, 5) is 0. The molecule has 0 fully saturated rings. The lowest BCUT2D eigenvalue weighted by molar-refractivity contribution is 1.55. The number of allylic oxidation sites excluding steroid dienone is 6. The Morgan fingerprint density at radius 2 is 1.87 bits per heavy atom. The SMILES string of the molecule is C=C/C=C\C(=C)/C=C(\C)c1ccccc1. The molecule has 0 heterocycles.